The Balaban J connectivity index is 1.97. The maximum absolute atomic E-state index is 9.55. The second-order valence-corrected chi connectivity index (χ2v) is 6.52. The summed E-state index contributed by atoms with van der Waals surface area (Å²) in [5.74, 6) is 0.208. The first-order valence-electron chi connectivity index (χ1n) is 9.17. The summed E-state index contributed by atoms with van der Waals surface area (Å²) in [5, 5.41) is 19.0. The highest BCUT2D eigenvalue weighted by molar-refractivity contribution is 5.50. The quantitative estimate of drug-likeness (QED) is 0.320. The first-order valence-corrected chi connectivity index (χ1v) is 9.17. The highest BCUT2D eigenvalue weighted by atomic mass is 16.3. The van der Waals surface area contributed by atoms with Crippen LogP contribution in [0.3, 0.4) is 0 Å². The number of nitrogens with zero attached hydrogens (tertiary/aromatic N) is 2. The fourth-order valence-electron chi connectivity index (χ4n) is 3.36. The SMILES string of the molecule is Oc1ccc(/N=N/C(c2ccccc2)(c2ccccc2)c2ccccc2)cc1. The van der Waals surface area contributed by atoms with Gasteiger partial charge in [0.1, 0.15) is 5.75 Å². The van der Waals surface area contributed by atoms with Crippen LogP contribution in [0.1, 0.15) is 16.7 Å². The van der Waals surface area contributed by atoms with Crippen molar-refractivity contribution in [3.63, 3.8) is 0 Å². The number of phenolic OH excluding ortho intramolecular Hbond substituents is 1. The Morgan fingerprint density at radius 3 is 1.29 bits per heavy atom. The molecule has 1 N–H and O–H groups in total. The van der Waals surface area contributed by atoms with Gasteiger partial charge in [-0.05, 0) is 41.0 Å². The second-order valence-electron chi connectivity index (χ2n) is 6.52. The van der Waals surface area contributed by atoms with Gasteiger partial charge < -0.3 is 5.11 Å². The topological polar surface area (TPSA) is 45.0 Å². The predicted molar refractivity (Wildman–Crippen MR) is 112 cm³/mol. The molecule has 0 amide bonds. The molecule has 0 aliphatic carbocycles. The van der Waals surface area contributed by atoms with Crippen molar-refractivity contribution in [3.05, 3.63) is 132 Å². The lowest BCUT2D eigenvalue weighted by Crippen LogP contribution is -2.26. The molecule has 0 saturated carbocycles. The second kappa shape index (κ2) is 7.89. The minimum absolute atomic E-state index is 0.208. The van der Waals surface area contributed by atoms with Gasteiger partial charge in [-0.25, -0.2) is 0 Å². The first-order chi connectivity index (χ1) is 13.8. The summed E-state index contributed by atoms with van der Waals surface area (Å²) in [5.41, 5.74) is 3.02. The summed E-state index contributed by atoms with van der Waals surface area (Å²) in [7, 11) is 0. The summed E-state index contributed by atoms with van der Waals surface area (Å²) in [4.78, 5) is 0. The number of benzene rings is 4. The van der Waals surface area contributed by atoms with Crippen molar-refractivity contribution in [1.29, 1.82) is 0 Å². The van der Waals surface area contributed by atoms with Crippen molar-refractivity contribution in [3.8, 4) is 5.75 Å². The number of azo groups is 1. The van der Waals surface area contributed by atoms with Gasteiger partial charge in [-0.3, -0.25) is 0 Å². The Kier molecular flexibility index (Phi) is 4.98. The highest BCUT2D eigenvalue weighted by Gasteiger charge is 2.36. The molecule has 28 heavy (non-hydrogen) atoms. The third kappa shape index (κ3) is 3.42. The molecule has 0 heterocycles. The van der Waals surface area contributed by atoms with E-state index < -0.39 is 5.54 Å². The Morgan fingerprint density at radius 2 is 0.893 bits per heavy atom. The van der Waals surface area contributed by atoms with E-state index in [2.05, 4.69) is 41.5 Å². The van der Waals surface area contributed by atoms with Crippen molar-refractivity contribution in [1.82, 2.24) is 0 Å². The molecule has 0 aliphatic heterocycles. The zero-order chi connectivity index (χ0) is 19.2. The minimum Gasteiger partial charge on any atom is -0.508 e. The zero-order valence-electron chi connectivity index (χ0n) is 15.3. The summed E-state index contributed by atoms with van der Waals surface area (Å²) < 4.78 is 0. The maximum Gasteiger partial charge on any atom is 0.157 e. The van der Waals surface area contributed by atoms with Crippen LogP contribution >= 0.6 is 0 Å². The monoisotopic (exact) mass is 364 g/mol. The highest BCUT2D eigenvalue weighted by Crippen LogP contribution is 2.41. The lowest BCUT2D eigenvalue weighted by Gasteiger charge is -2.30. The molecule has 0 bridgehead atoms. The number of hydrogen-bond acceptors (Lipinski definition) is 3. The molecule has 0 saturated heterocycles. The van der Waals surface area contributed by atoms with Crippen LogP contribution in [-0.4, -0.2) is 5.11 Å². The average molecular weight is 364 g/mol. The van der Waals surface area contributed by atoms with Crippen molar-refractivity contribution in [2.75, 3.05) is 0 Å². The van der Waals surface area contributed by atoms with Crippen LogP contribution in [0.15, 0.2) is 125 Å². The van der Waals surface area contributed by atoms with E-state index in [1.807, 2.05) is 54.6 Å². The van der Waals surface area contributed by atoms with Crippen molar-refractivity contribution >= 4 is 5.69 Å². The summed E-state index contributed by atoms with van der Waals surface area (Å²) in [6.07, 6.45) is 0. The van der Waals surface area contributed by atoms with E-state index in [1.54, 1.807) is 24.3 Å². The van der Waals surface area contributed by atoms with Crippen LogP contribution in [0.5, 0.6) is 5.75 Å². The number of aromatic hydroxyl groups is 1. The van der Waals surface area contributed by atoms with E-state index in [4.69, 9.17) is 5.11 Å². The van der Waals surface area contributed by atoms with Gasteiger partial charge in [-0.1, -0.05) is 91.0 Å². The molecule has 0 aliphatic rings. The van der Waals surface area contributed by atoms with Gasteiger partial charge >= 0.3 is 0 Å². The molecular weight excluding hydrogens is 344 g/mol. The Morgan fingerprint density at radius 1 is 0.500 bits per heavy atom. The van der Waals surface area contributed by atoms with E-state index in [0.717, 1.165) is 16.7 Å². The van der Waals surface area contributed by atoms with E-state index in [9.17, 15) is 5.11 Å². The third-order valence-electron chi connectivity index (χ3n) is 4.74. The lowest BCUT2D eigenvalue weighted by molar-refractivity contribution is 0.475. The van der Waals surface area contributed by atoms with E-state index >= 15 is 0 Å². The van der Waals surface area contributed by atoms with Crippen LogP contribution in [-0.2, 0) is 5.54 Å². The summed E-state index contributed by atoms with van der Waals surface area (Å²) >= 11 is 0. The average Bonchev–Trinajstić information content (AvgIpc) is 2.78. The molecule has 0 radical (unpaired) electrons. The molecule has 0 atom stereocenters. The summed E-state index contributed by atoms with van der Waals surface area (Å²) in [6, 6.07) is 37.3. The van der Waals surface area contributed by atoms with Crippen LogP contribution < -0.4 is 0 Å². The van der Waals surface area contributed by atoms with Gasteiger partial charge in [0.05, 0.1) is 5.69 Å². The van der Waals surface area contributed by atoms with Gasteiger partial charge in [0.2, 0.25) is 0 Å². The Hall–Kier alpha value is -3.72. The Labute approximate surface area is 164 Å². The van der Waals surface area contributed by atoms with Crippen molar-refractivity contribution < 1.29 is 5.11 Å². The molecule has 0 unspecified atom stereocenters. The molecule has 3 nitrogen and oxygen atoms in total. The van der Waals surface area contributed by atoms with Crippen LogP contribution in [0, 0.1) is 0 Å². The molecule has 4 aromatic carbocycles. The van der Waals surface area contributed by atoms with Crippen LogP contribution in [0.2, 0.25) is 0 Å². The standard InChI is InChI=1S/C25H20N2O/c28-24-18-16-23(17-19-24)26-27-25(20-10-4-1-5-11-20,21-12-6-2-7-13-21)22-14-8-3-9-15-22/h1-19,28H/b27-26+. The molecule has 4 rings (SSSR count). The van der Waals surface area contributed by atoms with E-state index in [0.29, 0.717) is 5.69 Å². The fraction of sp³-hybridized carbons (Fsp3) is 0.0400. The predicted octanol–water partition coefficient (Wildman–Crippen LogP) is 6.47. The van der Waals surface area contributed by atoms with Crippen LogP contribution in [0.4, 0.5) is 5.69 Å². The summed E-state index contributed by atoms with van der Waals surface area (Å²) in [6.45, 7) is 0. The number of rotatable bonds is 5. The molecule has 0 spiro atoms. The molecule has 3 heteroatoms. The van der Waals surface area contributed by atoms with Gasteiger partial charge in [0.15, 0.2) is 5.54 Å². The Bertz CT molecular complexity index is 947. The van der Waals surface area contributed by atoms with E-state index in [1.165, 1.54) is 0 Å². The number of hydrogen-bond donors (Lipinski definition) is 1. The molecule has 136 valence electrons. The minimum atomic E-state index is -0.776. The van der Waals surface area contributed by atoms with Gasteiger partial charge in [0, 0.05) is 0 Å². The van der Waals surface area contributed by atoms with E-state index in [-0.39, 0.29) is 5.75 Å². The maximum atomic E-state index is 9.55. The number of phenols is 1. The van der Waals surface area contributed by atoms with Crippen molar-refractivity contribution in [2.45, 2.75) is 5.54 Å². The molecule has 0 aromatic heterocycles. The normalized spacial score (nSPS) is 11.6. The molecule has 0 fully saturated rings. The molecule has 4 aromatic rings. The molecular formula is C25H20N2O. The largest absolute Gasteiger partial charge is 0.508 e. The van der Waals surface area contributed by atoms with Gasteiger partial charge in [0.25, 0.3) is 0 Å². The van der Waals surface area contributed by atoms with Gasteiger partial charge in [-0.2, -0.15) is 10.2 Å². The van der Waals surface area contributed by atoms with Crippen LogP contribution in [0.25, 0.3) is 0 Å². The van der Waals surface area contributed by atoms with Crippen molar-refractivity contribution in [2.24, 2.45) is 10.2 Å². The fourth-order valence-corrected chi connectivity index (χ4v) is 3.36. The zero-order valence-corrected chi connectivity index (χ0v) is 15.3. The third-order valence-corrected chi connectivity index (χ3v) is 4.74. The smallest absolute Gasteiger partial charge is 0.157 e. The first kappa shape index (κ1) is 17.7. The van der Waals surface area contributed by atoms with Gasteiger partial charge in [-0.15, -0.1) is 0 Å². The lowest BCUT2D eigenvalue weighted by atomic mass is 9.78.